The average molecular weight is 352 g/mol. The first-order valence-corrected chi connectivity index (χ1v) is 8.07. The quantitative estimate of drug-likeness (QED) is 0.722. The van der Waals surface area contributed by atoms with Gasteiger partial charge in [-0.25, -0.2) is 0 Å². The van der Waals surface area contributed by atoms with Crippen LogP contribution in [0.15, 0.2) is 51.8 Å². The van der Waals surface area contributed by atoms with Crippen LogP contribution in [0.25, 0.3) is 6.08 Å². The van der Waals surface area contributed by atoms with Gasteiger partial charge in [-0.2, -0.15) is 10.5 Å². The molecule has 0 N–H and O–H groups in total. The van der Waals surface area contributed by atoms with Gasteiger partial charge in [-0.3, -0.25) is 0 Å². The number of nitriles is 2. The monoisotopic (exact) mass is 352 g/mol. The van der Waals surface area contributed by atoms with E-state index < -0.39 is 0 Å². The zero-order chi connectivity index (χ0) is 18.2. The van der Waals surface area contributed by atoms with E-state index >= 15 is 0 Å². The van der Waals surface area contributed by atoms with E-state index in [1.807, 2.05) is 42.5 Å². The third-order valence-corrected chi connectivity index (χ3v) is 4.48. The summed E-state index contributed by atoms with van der Waals surface area (Å²) in [5.41, 5.74) is 0.668. The molecule has 2 rings (SSSR count). The zero-order valence-electron chi connectivity index (χ0n) is 14.1. The number of hydrogen-bond acceptors (Lipinski definition) is 6. The third-order valence-electron chi connectivity index (χ3n) is 3.37. The Bertz CT molecular complexity index is 863. The van der Waals surface area contributed by atoms with Gasteiger partial charge in [-0.15, -0.1) is 0 Å². The second kappa shape index (κ2) is 8.68. The van der Waals surface area contributed by atoms with E-state index in [1.54, 1.807) is 27.4 Å². The number of rotatable bonds is 6. The molecule has 0 heterocycles. The standard InChI is InChI=1S/C19H16N2O3S/c1-22-14-7-8-17(24-3)19(10-14)25-18-6-4-5-16(23-2)15(18)9-13(11-20)12-21/h4-10H,1-3H3. The first-order valence-electron chi connectivity index (χ1n) is 7.25. The molecule has 0 aliphatic rings. The van der Waals surface area contributed by atoms with Gasteiger partial charge in [0.1, 0.15) is 35.0 Å². The minimum atomic E-state index is 0.00366. The van der Waals surface area contributed by atoms with E-state index in [0.717, 1.165) is 9.79 Å². The Balaban J connectivity index is 2.56. The molecular weight excluding hydrogens is 336 g/mol. The number of methoxy groups -OCH3 is 3. The Kier molecular flexibility index (Phi) is 6.33. The molecule has 0 aromatic heterocycles. The lowest BCUT2D eigenvalue weighted by Crippen LogP contribution is -1.92. The number of nitrogens with zero attached hydrogens (tertiary/aromatic N) is 2. The first-order chi connectivity index (χ1) is 12.2. The fourth-order valence-corrected chi connectivity index (χ4v) is 3.23. The SMILES string of the molecule is COc1ccc(OC)c(Sc2cccc(OC)c2C=C(C#N)C#N)c1. The summed E-state index contributed by atoms with van der Waals surface area (Å²) in [6, 6.07) is 14.8. The number of ether oxygens (including phenoxy) is 3. The molecule has 0 atom stereocenters. The second-order valence-electron chi connectivity index (χ2n) is 4.77. The molecule has 5 nitrogen and oxygen atoms in total. The van der Waals surface area contributed by atoms with Gasteiger partial charge in [-0.1, -0.05) is 17.8 Å². The fraction of sp³-hybridized carbons (Fsp3) is 0.158. The highest BCUT2D eigenvalue weighted by molar-refractivity contribution is 7.99. The third kappa shape index (κ3) is 4.26. The maximum absolute atomic E-state index is 9.06. The van der Waals surface area contributed by atoms with Gasteiger partial charge in [0, 0.05) is 10.5 Å². The van der Waals surface area contributed by atoms with Crippen molar-refractivity contribution < 1.29 is 14.2 Å². The van der Waals surface area contributed by atoms with Gasteiger partial charge in [0.05, 0.1) is 26.2 Å². The molecule has 0 unspecified atom stereocenters. The van der Waals surface area contributed by atoms with Crippen LogP contribution in [0, 0.1) is 22.7 Å². The molecule has 0 saturated carbocycles. The summed E-state index contributed by atoms with van der Waals surface area (Å²) >= 11 is 1.44. The lowest BCUT2D eigenvalue weighted by molar-refractivity contribution is 0.394. The van der Waals surface area contributed by atoms with Gasteiger partial charge in [0.15, 0.2) is 0 Å². The molecule has 25 heavy (non-hydrogen) atoms. The fourth-order valence-electron chi connectivity index (χ4n) is 2.15. The van der Waals surface area contributed by atoms with E-state index in [0.29, 0.717) is 22.8 Å². The van der Waals surface area contributed by atoms with E-state index in [-0.39, 0.29) is 5.57 Å². The molecule has 0 spiro atoms. The average Bonchev–Trinajstić information content (AvgIpc) is 2.66. The molecule has 0 radical (unpaired) electrons. The van der Waals surface area contributed by atoms with E-state index in [1.165, 1.54) is 17.8 Å². The van der Waals surface area contributed by atoms with Crippen molar-refractivity contribution in [3.63, 3.8) is 0 Å². The topological polar surface area (TPSA) is 75.3 Å². The van der Waals surface area contributed by atoms with Crippen LogP contribution in [0.1, 0.15) is 5.56 Å². The smallest absolute Gasteiger partial charge is 0.133 e. The van der Waals surface area contributed by atoms with E-state index in [2.05, 4.69) is 0 Å². The Morgan fingerprint density at radius 1 is 0.920 bits per heavy atom. The molecule has 2 aromatic rings. The van der Waals surface area contributed by atoms with Crippen molar-refractivity contribution in [2.45, 2.75) is 9.79 Å². The molecule has 0 bridgehead atoms. The maximum atomic E-state index is 9.06. The molecule has 6 heteroatoms. The molecule has 0 fully saturated rings. The van der Waals surface area contributed by atoms with Crippen LogP contribution in [0.4, 0.5) is 0 Å². The summed E-state index contributed by atoms with van der Waals surface area (Å²) in [5.74, 6) is 1.98. The summed E-state index contributed by atoms with van der Waals surface area (Å²) in [4.78, 5) is 1.68. The van der Waals surface area contributed by atoms with Crippen molar-refractivity contribution in [1.29, 1.82) is 10.5 Å². The van der Waals surface area contributed by atoms with Crippen molar-refractivity contribution in [1.82, 2.24) is 0 Å². The lowest BCUT2D eigenvalue weighted by atomic mass is 10.1. The Morgan fingerprint density at radius 2 is 1.64 bits per heavy atom. The maximum Gasteiger partial charge on any atom is 0.133 e. The molecule has 0 amide bonds. The van der Waals surface area contributed by atoms with Crippen molar-refractivity contribution in [3.05, 3.63) is 47.5 Å². The van der Waals surface area contributed by atoms with Crippen molar-refractivity contribution in [2.24, 2.45) is 0 Å². The van der Waals surface area contributed by atoms with Gasteiger partial charge in [-0.05, 0) is 36.4 Å². The van der Waals surface area contributed by atoms with Crippen molar-refractivity contribution in [2.75, 3.05) is 21.3 Å². The molecule has 126 valence electrons. The normalized spacial score (nSPS) is 9.48. The Labute approximate surface area is 151 Å². The van der Waals surface area contributed by atoms with Gasteiger partial charge in [0.25, 0.3) is 0 Å². The van der Waals surface area contributed by atoms with Crippen molar-refractivity contribution >= 4 is 17.8 Å². The summed E-state index contributed by atoms with van der Waals surface area (Å²) in [5, 5.41) is 18.1. The Hall–Kier alpha value is -3.09. The summed E-state index contributed by atoms with van der Waals surface area (Å²) in [7, 11) is 4.75. The molecule has 0 saturated heterocycles. The van der Waals surface area contributed by atoms with Crippen LogP contribution in [0.2, 0.25) is 0 Å². The molecule has 0 aliphatic carbocycles. The van der Waals surface area contributed by atoms with Crippen LogP contribution in [-0.4, -0.2) is 21.3 Å². The van der Waals surface area contributed by atoms with Crippen molar-refractivity contribution in [3.8, 4) is 29.4 Å². The van der Waals surface area contributed by atoms with Crippen LogP contribution in [0.3, 0.4) is 0 Å². The van der Waals surface area contributed by atoms with Crippen LogP contribution >= 0.6 is 11.8 Å². The lowest BCUT2D eigenvalue weighted by Gasteiger charge is -2.13. The zero-order valence-corrected chi connectivity index (χ0v) is 14.9. The highest BCUT2D eigenvalue weighted by atomic mass is 32.2. The molecule has 2 aromatic carbocycles. The number of allylic oxidation sites excluding steroid dienone is 1. The van der Waals surface area contributed by atoms with Crippen LogP contribution in [-0.2, 0) is 0 Å². The van der Waals surface area contributed by atoms with Crippen LogP contribution < -0.4 is 14.2 Å². The predicted molar refractivity (Wildman–Crippen MR) is 95.9 cm³/mol. The number of benzene rings is 2. The first kappa shape index (κ1) is 18.3. The predicted octanol–water partition coefficient (Wildman–Crippen LogP) is 4.29. The highest BCUT2D eigenvalue weighted by Gasteiger charge is 2.13. The van der Waals surface area contributed by atoms with Gasteiger partial charge in [0.2, 0.25) is 0 Å². The second-order valence-corrected chi connectivity index (χ2v) is 5.86. The van der Waals surface area contributed by atoms with Gasteiger partial charge >= 0.3 is 0 Å². The molecular formula is C19H16N2O3S. The summed E-state index contributed by atoms with van der Waals surface area (Å²) in [6.07, 6.45) is 1.52. The highest BCUT2D eigenvalue weighted by Crippen LogP contribution is 2.41. The van der Waals surface area contributed by atoms with E-state index in [9.17, 15) is 0 Å². The Morgan fingerprint density at radius 3 is 2.24 bits per heavy atom. The molecule has 0 aliphatic heterocycles. The number of hydrogen-bond donors (Lipinski definition) is 0. The summed E-state index contributed by atoms with van der Waals surface area (Å²) in [6.45, 7) is 0. The minimum Gasteiger partial charge on any atom is -0.497 e. The minimum absolute atomic E-state index is 0.00366. The largest absolute Gasteiger partial charge is 0.497 e. The summed E-state index contributed by atoms with van der Waals surface area (Å²) < 4.78 is 16.1. The van der Waals surface area contributed by atoms with E-state index in [4.69, 9.17) is 24.7 Å². The van der Waals surface area contributed by atoms with Gasteiger partial charge < -0.3 is 14.2 Å². The van der Waals surface area contributed by atoms with Crippen LogP contribution in [0.5, 0.6) is 17.2 Å².